The Bertz CT molecular complexity index is 2620. The number of aryl methyl sites for hydroxylation is 1. The summed E-state index contributed by atoms with van der Waals surface area (Å²) in [4.78, 5) is 52.8. The van der Waals surface area contributed by atoms with Crippen molar-refractivity contribution >= 4 is 38.5 Å². The quantitative estimate of drug-likeness (QED) is 0.174. The first-order valence-corrected chi connectivity index (χ1v) is 18.0. The number of carbonyl (C=O) groups excluding carboxylic acids is 2. The predicted octanol–water partition coefficient (Wildman–Crippen LogP) is 3.65. The Kier molecular flexibility index (Phi) is 10.6. The first kappa shape index (κ1) is 38.0. The zero-order chi connectivity index (χ0) is 39.6. The SMILES string of the molecule is COc1ccc2c(c1)c(=O)n(-c1ccc(C[C@H](NC(=O)c3c(F)cc(NS(=O)(=O)c4ccc(-n5ccnn5)cc4)cc3F)C(=O)OC(C)C)cc1)c(=O)n2C. The minimum Gasteiger partial charge on any atom is -0.497 e. The molecule has 6 rings (SSSR count). The number of sulfonamides is 1. The maximum atomic E-state index is 15.3. The largest absolute Gasteiger partial charge is 0.497 e. The molecule has 0 aliphatic heterocycles. The summed E-state index contributed by atoms with van der Waals surface area (Å²) in [5.74, 6) is -4.60. The van der Waals surface area contributed by atoms with Gasteiger partial charge in [-0.2, -0.15) is 0 Å². The first-order chi connectivity index (χ1) is 26.2. The maximum Gasteiger partial charge on any atom is 0.335 e. The van der Waals surface area contributed by atoms with Gasteiger partial charge in [0.05, 0.1) is 58.5 Å². The van der Waals surface area contributed by atoms with E-state index in [2.05, 4.69) is 20.4 Å². The minimum atomic E-state index is -4.32. The zero-order valence-corrected chi connectivity index (χ0v) is 30.5. The van der Waals surface area contributed by atoms with Crippen LogP contribution in [0.2, 0.25) is 0 Å². The highest BCUT2D eigenvalue weighted by molar-refractivity contribution is 7.92. The van der Waals surface area contributed by atoms with Gasteiger partial charge in [-0.1, -0.05) is 17.3 Å². The number of methoxy groups -OCH3 is 1. The molecule has 6 aromatic rings. The molecule has 0 fully saturated rings. The molecule has 4 aromatic carbocycles. The Morgan fingerprint density at radius 3 is 2.16 bits per heavy atom. The van der Waals surface area contributed by atoms with Gasteiger partial charge >= 0.3 is 11.7 Å². The summed E-state index contributed by atoms with van der Waals surface area (Å²) in [5.41, 5.74) is -1.19. The van der Waals surface area contributed by atoms with Crippen molar-refractivity contribution in [2.24, 2.45) is 7.05 Å². The van der Waals surface area contributed by atoms with Crippen LogP contribution in [-0.2, 0) is 33.0 Å². The maximum absolute atomic E-state index is 15.3. The van der Waals surface area contributed by atoms with Crippen LogP contribution >= 0.6 is 0 Å². The van der Waals surface area contributed by atoms with E-state index < -0.39 is 68.2 Å². The van der Waals surface area contributed by atoms with Crippen LogP contribution in [0.25, 0.3) is 22.3 Å². The number of fused-ring (bicyclic) bond motifs is 1. The second kappa shape index (κ2) is 15.3. The number of aromatic nitrogens is 5. The van der Waals surface area contributed by atoms with Crippen LogP contribution in [-0.4, -0.2) is 63.7 Å². The van der Waals surface area contributed by atoms with Gasteiger partial charge in [-0.15, -0.1) is 5.10 Å². The lowest BCUT2D eigenvalue weighted by Crippen LogP contribution is -2.44. The number of ether oxygens (including phenoxy) is 2. The molecule has 0 saturated heterocycles. The van der Waals surface area contributed by atoms with Gasteiger partial charge in [0, 0.05) is 13.5 Å². The van der Waals surface area contributed by atoms with Crippen LogP contribution in [0.3, 0.4) is 0 Å². The molecular formula is C37H33F2N7O8S. The van der Waals surface area contributed by atoms with E-state index in [1.165, 1.54) is 84.2 Å². The predicted molar refractivity (Wildman–Crippen MR) is 196 cm³/mol. The summed E-state index contributed by atoms with van der Waals surface area (Å²) in [7, 11) is -1.34. The van der Waals surface area contributed by atoms with Crippen molar-refractivity contribution in [3.05, 3.63) is 135 Å². The highest BCUT2D eigenvalue weighted by atomic mass is 32.2. The van der Waals surface area contributed by atoms with Crippen molar-refractivity contribution in [2.75, 3.05) is 11.8 Å². The van der Waals surface area contributed by atoms with E-state index in [4.69, 9.17) is 9.47 Å². The number of nitrogens with one attached hydrogen (secondary N) is 2. The lowest BCUT2D eigenvalue weighted by atomic mass is 10.0. The fraction of sp³-hybridized carbons (Fsp3) is 0.189. The standard InChI is InChI=1S/C37H33F2N7O8S/c1-21(2)54-36(49)31(17-22-5-7-25(8-6-22)46-35(48)28-20-26(53-4)11-14-32(28)44(3)37(46)50)41-34(47)33-29(38)18-23(19-30(33)39)42-55(51,52)27-12-9-24(10-13-27)45-16-15-40-43-45/h5-16,18-21,31,42H,17H2,1-4H3,(H,41,47)/t31-/m0/s1. The molecule has 2 heterocycles. The van der Waals surface area contributed by atoms with Gasteiger partial charge < -0.3 is 14.8 Å². The summed E-state index contributed by atoms with van der Waals surface area (Å²) in [5, 5.41) is 10.1. The molecular weight excluding hydrogens is 741 g/mol. The van der Waals surface area contributed by atoms with Gasteiger partial charge in [0.15, 0.2) is 0 Å². The van der Waals surface area contributed by atoms with Crippen molar-refractivity contribution in [3.8, 4) is 17.1 Å². The average molecular weight is 774 g/mol. The molecule has 0 spiro atoms. The molecule has 0 aliphatic carbocycles. The molecule has 284 valence electrons. The van der Waals surface area contributed by atoms with Crippen LogP contribution in [0, 0.1) is 11.6 Å². The number of anilines is 1. The third-order valence-corrected chi connectivity index (χ3v) is 9.81. The van der Waals surface area contributed by atoms with Crippen LogP contribution in [0.15, 0.2) is 106 Å². The normalized spacial score (nSPS) is 12.1. The molecule has 55 heavy (non-hydrogen) atoms. The van der Waals surface area contributed by atoms with Gasteiger partial charge in [-0.25, -0.2) is 36.0 Å². The molecule has 2 N–H and O–H groups in total. The molecule has 0 unspecified atom stereocenters. The number of carbonyl (C=O) groups is 2. The Hall–Kier alpha value is -6.69. The number of esters is 1. The van der Waals surface area contributed by atoms with Crippen LogP contribution in [0.1, 0.15) is 29.8 Å². The Morgan fingerprint density at radius 2 is 1.56 bits per heavy atom. The topological polar surface area (TPSA) is 186 Å². The Morgan fingerprint density at radius 1 is 0.909 bits per heavy atom. The van der Waals surface area contributed by atoms with Crippen LogP contribution < -0.4 is 26.0 Å². The van der Waals surface area contributed by atoms with E-state index in [0.29, 0.717) is 34.6 Å². The molecule has 2 aromatic heterocycles. The minimum absolute atomic E-state index is 0.212. The molecule has 1 amide bonds. The summed E-state index contributed by atoms with van der Waals surface area (Å²) < 4.78 is 73.0. The Balaban J connectivity index is 1.22. The van der Waals surface area contributed by atoms with Crippen molar-refractivity contribution in [3.63, 3.8) is 0 Å². The van der Waals surface area contributed by atoms with E-state index >= 15 is 8.78 Å². The van der Waals surface area contributed by atoms with Gasteiger partial charge in [0.2, 0.25) is 0 Å². The highest BCUT2D eigenvalue weighted by Crippen LogP contribution is 2.24. The molecule has 0 bridgehead atoms. The molecule has 15 nitrogen and oxygen atoms in total. The third kappa shape index (κ3) is 7.98. The van der Waals surface area contributed by atoms with Crippen molar-refractivity contribution in [1.82, 2.24) is 29.4 Å². The smallest absolute Gasteiger partial charge is 0.335 e. The van der Waals surface area contributed by atoms with Gasteiger partial charge in [-0.05, 0) is 86.1 Å². The molecule has 0 aliphatic rings. The van der Waals surface area contributed by atoms with E-state index in [9.17, 15) is 27.6 Å². The first-order valence-electron chi connectivity index (χ1n) is 16.6. The van der Waals surface area contributed by atoms with Crippen LogP contribution in [0.4, 0.5) is 14.5 Å². The number of hydrogen-bond donors (Lipinski definition) is 2. The zero-order valence-electron chi connectivity index (χ0n) is 29.7. The van der Waals surface area contributed by atoms with E-state index in [1.807, 2.05) is 0 Å². The fourth-order valence-corrected chi connectivity index (χ4v) is 6.78. The van der Waals surface area contributed by atoms with Crippen molar-refractivity contribution < 1.29 is 36.3 Å². The monoisotopic (exact) mass is 773 g/mol. The van der Waals surface area contributed by atoms with Crippen molar-refractivity contribution in [1.29, 1.82) is 0 Å². The fourth-order valence-electron chi connectivity index (χ4n) is 5.74. The van der Waals surface area contributed by atoms with Crippen LogP contribution in [0.5, 0.6) is 5.75 Å². The lowest BCUT2D eigenvalue weighted by molar-refractivity contribution is -0.149. The van der Waals surface area contributed by atoms with E-state index in [-0.39, 0.29) is 22.4 Å². The molecule has 0 radical (unpaired) electrons. The van der Waals surface area contributed by atoms with Gasteiger partial charge in [-0.3, -0.25) is 18.9 Å². The molecule has 18 heteroatoms. The highest BCUT2D eigenvalue weighted by Gasteiger charge is 2.28. The number of halogens is 2. The number of nitrogens with zero attached hydrogens (tertiary/aromatic N) is 5. The summed E-state index contributed by atoms with van der Waals surface area (Å²) in [6, 6.07) is 16.0. The number of hydrogen-bond acceptors (Lipinski definition) is 10. The lowest BCUT2D eigenvalue weighted by Gasteiger charge is -2.20. The Labute approximate surface area is 311 Å². The molecule has 1 atom stereocenters. The summed E-state index contributed by atoms with van der Waals surface area (Å²) >= 11 is 0. The average Bonchev–Trinajstić information content (AvgIpc) is 3.69. The van der Waals surface area contributed by atoms with E-state index in [0.717, 1.165) is 4.57 Å². The summed E-state index contributed by atoms with van der Waals surface area (Å²) in [6.07, 6.45) is 2.18. The molecule has 0 saturated carbocycles. The van der Waals surface area contributed by atoms with Gasteiger partial charge in [0.25, 0.3) is 21.5 Å². The second-order valence-electron chi connectivity index (χ2n) is 12.5. The van der Waals surface area contributed by atoms with E-state index in [1.54, 1.807) is 32.2 Å². The number of rotatable bonds is 12. The second-order valence-corrected chi connectivity index (χ2v) is 14.2. The van der Waals surface area contributed by atoms with Crippen molar-refractivity contribution in [2.45, 2.75) is 37.3 Å². The number of benzene rings is 4. The third-order valence-electron chi connectivity index (χ3n) is 8.41. The van der Waals surface area contributed by atoms with Gasteiger partial charge in [0.1, 0.15) is 29.0 Å². The number of amides is 1. The summed E-state index contributed by atoms with van der Waals surface area (Å²) in [6.45, 7) is 3.15.